The van der Waals surface area contributed by atoms with E-state index in [4.69, 9.17) is 10.5 Å². The van der Waals surface area contributed by atoms with Crippen molar-refractivity contribution in [3.63, 3.8) is 0 Å². The summed E-state index contributed by atoms with van der Waals surface area (Å²) in [6.07, 6.45) is 3.73. The minimum absolute atomic E-state index is 0.604. The van der Waals surface area contributed by atoms with Crippen LogP contribution in [0.1, 0.15) is 47.0 Å². The van der Waals surface area contributed by atoms with Gasteiger partial charge in [-0.15, -0.1) is 0 Å². The molecular weight excluding hydrogens is 224 g/mol. The van der Waals surface area contributed by atoms with Crippen LogP contribution in [0.2, 0.25) is 0 Å². The maximum Gasteiger partial charge on any atom is 0.0589 e. The second-order valence-electron chi connectivity index (χ2n) is 5.85. The van der Waals surface area contributed by atoms with Crippen molar-refractivity contribution in [3.8, 4) is 0 Å². The van der Waals surface area contributed by atoms with Gasteiger partial charge in [0.2, 0.25) is 0 Å². The van der Waals surface area contributed by atoms with Crippen LogP contribution in [0.3, 0.4) is 0 Å². The molecule has 0 aromatic heterocycles. The lowest BCUT2D eigenvalue weighted by atomic mass is 9.88. The quantitative estimate of drug-likeness (QED) is 0.619. The number of rotatable bonds is 11. The van der Waals surface area contributed by atoms with Crippen molar-refractivity contribution in [3.05, 3.63) is 0 Å². The van der Waals surface area contributed by atoms with Gasteiger partial charge in [-0.1, -0.05) is 13.8 Å². The van der Waals surface area contributed by atoms with Crippen LogP contribution in [0.5, 0.6) is 0 Å². The van der Waals surface area contributed by atoms with Crippen LogP contribution in [-0.4, -0.2) is 44.3 Å². The number of hydrogen-bond donors (Lipinski definition) is 1. The Morgan fingerprint density at radius 2 is 1.72 bits per heavy atom. The van der Waals surface area contributed by atoms with Gasteiger partial charge >= 0.3 is 0 Å². The second kappa shape index (κ2) is 10.8. The first-order chi connectivity index (χ1) is 8.52. The molecule has 2 N–H and O–H groups in total. The van der Waals surface area contributed by atoms with Crippen molar-refractivity contribution in [2.45, 2.75) is 53.0 Å². The van der Waals surface area contributed by atoms with E-state index in [-0.39, 0.29) is 0 Å². The smallest absolute Gasteiger partial charge is 0.0589 e. The van der Waals surface area contributed by atoms with Gasteiger partial charge in [0, 0.05) is 19.7 Å². The van der Waals surface area contributed by atoms with Gasteiger partial charge in [0.15, 0.2) is 0 Å². The summed E-state index contributed by atoms with van der Waals surface area (Å²) in [4.78, 5) is 2.50. The Balaban J connectivity index is 3.95. The number of nitrogens with two attached hydrogens (primary N) is 1. The first kappa shape index (κ1) is 17.9. The highest BCUT2D eigenvalue weighted by atomic mass is 16.5. The Morgan fingerprint density at radius 3 is 2.17 bits per heavy atom. The number of nitrogens with zero attached hydrogens (tertiary/aromatic N) is 1. The summed E-state index contributed by atoms with van der Waals surface area (Å²) in [6, 6.07) is 0.604. The van der Waals surface area contributed by atoms with E-state index in [0.717, 1.165) is 38.0 Å². The van der Waals surface area contributed by atoms with Crippen LogP contribution in [-0.2, 0) is 4.74 Å². The molecule has 0 saturated carbocycles. The summed E-state index contributed by atoms with van der Waals surface area (Å²) in [7, 11) is 1.77. The van der Waals surface area contributed by atoms with Gasteiger partial charge in [0.25, 0.3) is 0 Å². The van der Waals surface area contributed by atoms with Gasteiger partial charge in [0.1, 0.15) is 0 Å². The highest BCUT2D eigenvalue weighted by Crippen LogP contribution is 2.20. The minimum Gasteiger partial charge on any atom is -0.383 e. The average molecular weight is 258 g/mol. The predicted octanol–water partition coefficient (Wildman–Crippen LogP) is 2.74. The lowest BCUT2D eigenvalue weighted by Crippen LogP contribution is -2.35. The monoisotopic (exact) mass is 258 g/mol. The van der Waals surface area contributed by atoms with Crippen LogP contribution in [0.4, 0.5) is 0 Å². The number of ether oxygens (including phenoxy) is 1. The molecule has 0 aliphatic heterocycles. The van der Waals surface area contributed by atoms with E-state index in [9.17, 15) is 0 Å². The predicted molar refractivity (Wildman–Crippen MR) is 79.8 cm³/mol. The molecule has 0 bridgehead atoms. The maximum absolute atomic E-state index is 5.69. The lowest BCUT2D eigenvalue weighted by molar-refractivity contribution is 0.126. The largest absolute Gasteiger partial charge is 0.383 e. The molecule has 3 nitrogen and oxygen atoms in total. The van der Waals surface area contributed by atoms with E-state index in [1.54, 1.807) is 7.11 Å². The molecule has 1 unspecified atom stereocenters. The summed E-state index contributed by atoms with van der Waals surface area (Å²) in [5, 5.41) is 0. The van der Waals surface area contributed by atoms with Crippen molar-refractivity contribution in [1.29, 1.82) is 0 Å². The van der Waals surface area contributed by atoms with E-state index in [1.807, 2.05) is 0 Å². The van der Waals surface area contributed by atoms with E-state index in [0.29, 0.717) is 6.04 Å². The Hall–Kier alpha value is -0.120. The molecular formula is C15H34N2O. The Kier molecular flexibility index (Phi) is 10.7. The van der Waals surface area contributed by atoms with Gasteiger partial charge in [-0.3, -0.25) is 4.90 Å². The fourth-order valence-electron chi connectivity index (χ4n) is 2.42. The average Bonchev–Trinajstić information content (AvgIpc) is 2.31. The molecule has 0 rings (SSSR count). The van der Waals surface area contributed by atoms with Gasteiger partial charge < -0.3 is 10.5 Å². The normalized spacial score (nSPS) is 13.8. The van der Waals surface area contributed by atoms with Crippen molar-refractivity contribution >= 4 is 0 Å². The van der Waals surface area contributed by atoms with Gasteiger partial charge in [0.05, 0.1) is 6.61 Å². The third-order valence-corrected chi connectivity index (χ3v) is 3.81. The molecule has 0 aromatic carbocycles. The molecule has 0 radical (unpaired) electrons. The topological polar surface area (TPSA) is 38.5 Å². The summed E-state index contributed by atoms with van der Waals surface area (Å²) in [5.74, 6) is 1.53. The third-order valence-electron chi connectivity index (χ3n) is 3.81. The SMILES string of the molecule is COCCN(CCCC(CCN)C(C)C)C(C)C. The summed E-state index contributed by atoms with van der Waals surface area (Å²) >= 11 is 0. The fourth-order valence-corrected chi connectivity index (χ4v) is 2.42. The van der Waals surface area contributed by atoms with Crippen molar-refractivity contribution in [2.75, 3.05) is 33.4 Å². The highest BCUT2D eigenvalue weighted by molar-refractivity contribution is 4.67. The lowest BCUT2D eigenvalue weighted by Gasteiger charge is -2.27. The van der Waals surface area contributed by atoms with Crippen LogP contribution in [0.15, 0.2) is 0 Å². The molecule has 0 aromatic rings. The zero-order chi connectivity index (χ0) is 14.0. The van der Waals surface area contributed by atoms with Crippen LogP contribution in [0.25, 0.3) is 0 Å². The molecule has 3 heteroatoms. The first-order valence-corrected chi connectivity index (χ1v) is 7.46. The number of methoxy groups -OCH3 is 1. The first-order valence-electron chi connectivity index (χ1n) is 7.46. The van der Waals surface area contributed by atoms with Crippen molar-refractivity contribution in [1.82, 2.24) is 4.90 Å². The Bertz CT molecular complexity index is 183. The Labute approximate surface area is 114 Å². The second-order valence-corrected chi connectivity index (χ2v) is 5.85. The standard InChI is InChI=1S/C15H34N2O/c1-13(2)15(8-9-16)7-6-10-17(14(3)4)11-12-18-5/h13-15H,6-12,16H2,1-5H3. The molecule has 0 heterocycles. The minimum atomic E-state index is 0.604. The summed E-state index contributed by atoms with van der Waals surface area (Å²) in [6.45, 7) is 13.0. The van der Waals surface area contributed by atoms with E-state index in [1.165, 1.54) is 19.4 Å². The number of hydrogen-bond acceptors (Lipinski definition) is 3. The molecule has 0 aliphatic carbocycles. The molecule has 0 aliphatic rings. The zero-order valence-corrected chi connectivity index (χ0v) is 13.1. The molecule has 1 atom stereocenters. The molecule has 0 fully saturated rings. The third kappa shape index (κ3) is 8.06. The van der Waals surface area contributed by atoms with E-state index in [2.05, 4.69) is 32.6 Å². The van der Waals surface area contributed by atoms with Crippen molar-refractivity contribution < 1.29 is 4.74 Å². The maximum atomic E-state index is 5.69. The van der Waals surface area contributed by atoms with E-state index < -0.39 is 0 Å². The zero-order valence-electron chi connectivity index (χ0n) is 13.1. The van der Waals surface area contributed by atoms with Gasteiger partial charge in [-0.05, 0) is 58.0 Å². The molecule has 0 saturated heterocycles. The van der Waals surface area contributed by atoms with Crippen molar-refractivity contribution in [2.24, 2.45) is 17.6 Å². The van der Waals surface area contributed by atoms with Gasteiger partial charge in [-0.2, -0.15) is 0 Å². The van der Waals surface area contributed by atoms with Gasteiger partial charge in [-0.25, -0.2) is 0 Å². The summed E-state index contributed by atoms with van der Waals surface area (Å²) in [5.41, 5.74) is 5.69. The van der Waals surface area contributed by atoms with Crippen LogP contribution in [0, 0.1) is 11.8 Å². The molecule has 0 amide bonds. The van der Waals surface area contributed by atoms with E-state index >= 15 is 0 Å². The van der Waals surface area contributed by atoms with Crippen LogP contribution >= 0.6 is 0 Å². The fraction of sp³-hybridized carbons (Fsp3) is 1.00. The Morgan fingerprint density at radius 1 is 1.06 bits per heavy atom. The highest BCUT2D eigenvalue weighted by Gasteiger charge is 2.14. The molecule has 110 valence electrons. The molecule has 18 heavy (non-hydrogen) atoms. The molecule has 0 spiro atoms. The van der Waals surface area contributed by atoms with Crippen LogP contribution < -0.4 is 5.73 Å². The summed E-state index contributed by atoms with van der Waals surface area (Å²) < 4.78 is 5.17.